The Bertz CT molecular complexity index is 170. The van der Waals surface area contributed by atoms with Crippen LogP contribution in [0.4, 0.5) is 8.78 Å². The maximum Gasteiger partial charge on any atom is 0.189 e. The molecule has 50 valence electrons. The van der Waals surface area contributed by atoms with Crippen LogP contribution in [0.1, 0.15) is 6.42 Å². The molecule has 0 fully saturated rings. The van der Waals surface area contributed by atoms with E-state index in [1.807, 2.05) is 0 Å². The minimum absolute atomic E-state index is 0.205. The molecule has 0 aromatic heterocycles. The van der Waals surface area contributed by atoms with Crippen molar-refractivity contribution in [1.82, 2.24) is 0 Å². The van der Waals surface area contributed by atoms with E-state index in [-0.39, 0.29) is 6.42 Å². The highest BCUT2D eigenvalue weighted by atomic mass is 79.9. The van der Waals surface area contributed by atoms with E-state index in [2.05, 4.69) is 15.9 Å². The molecule has 0 spiro atoms. The Morgan fingerprint density at radius 1 is 1.67 bits per heavy atom. The van der Waals surface area contributed by atoms with Crippen LogP contribution in [0.3, 0.4) is 0 Å². The maximum absolute atomic E-state index is 12.7. The molecular weight excluding hydrogens is 190 g/mol. The first-order valence-electron chi connectivity index (χ1n) is 2.52. The molecule has 0 radical (unpaired) electrons. The first-order valence-corrected chi connectivity index (χ1v) is 3.31. The normalized spacial score (nSPS) is 34.3. The third kappa shape index (κ3) is 1.90. The number of rotatable bonds is 0. The minimum Gasteiger partial charge on any atom is -0.226 e. The van der Waals surface area contributed by atoms with Crippen molar-refractivity contribution in [2.75, 3.05) is 0 Å². The van der Waals surface area contributed by atoms with Crippen molar-refractivity contribution in [2.24, 2.45) is 0 Å². The maximum atomic E-state index is 12.7. The fourth-order valence-electron chi connectivity index (χ4n) is 0.636. The van der Waals surface area contributed by atoms with E-state index >= 15 is 0 Å². The Labute approximate surface area is 60.4 Å². The zero-order chi connectivity index (χ0) is 6.91. The molecule has 1 aliphatic carbocycles. The van der Waals surface area contributed by atoms with Gasteiger partial charge in [0.1, 0.15) is 5.83 Å². The summed E-state index contributed by atoms with van der Waals surface area (Å²) in [6, 6.07) is 0. The number of hydrogen-bond acceptors (Lipinski definition) is 0. The summed E-state index contributed by atoms with van der Waals surface area (Å²) in [7, 11) is 0. The lowest BCUT2D eigenvalue weighted by atomic mass is 10.1. The van der Waals surface area contributed by atoms with Crippen LogP contribution in [-0.4, -0.2) is 4.58 Å². The van der Waals surface area contributed by atoms with Crippen LogP contribution < -0.4 is 0 Å². The monoisotopic (exact) mass is 194 g/mol. The fraction of sp³-hybridized carbons (Fsp3) is 0.333. The standard InChI is InChI=1S/C6H5BrF2/c7-6(9)3-1-2-5(8)4-6/h1-3H,4H2. The second kappa shape index (κ2) is 2.21. The van der Waals surface area contributed by atoms with E-state index in [0.29, 0.717) is 0 Å². The zero-order valence-electron chi connectivity index (χ0n) is 4.57. The summed E-state index contributed by atoms with van der Waals surface area (Å²) in [5.41, 5.74) is 0. The molecule has 0 N–H and O–H groups in total. The second-order valence-electron chi connectivity index (χ2n) is 1.91. The molecule has 1 atom stereocenters. The largest absolute Gasteiger partial charge is 0.226 e. The quantitative estimate of drug-likeness (QED) is 0.521. The average molecular weight is 195 g/mol. The van der Waals surface area contributed by atoms with Gasteiger partial charge < -0.3 is 0 Å². The van der Waals surface area contributed by atoms with Crippen LogP contribution >= 0.6 is 15.9 Å². The van der Waals surface area contributed by atoms with Gasteiger partial charge in [-0.3, -0.25) is 0 Å². The Morgan fingerprint density at radius 3 is 2.67 bits per heavy atom. The van der Waals surface area contributed by atoms with Crippen LogP contribution in [-0.2, 0) is 0 Å². The lowest BCUT2D eigenvalue weighted by Crippen LogP contribution is -2.11. The number of alkyl halides is 2. The van der Waals surface area contributed by atoms with Gasteiger partial charge in [-0.05, 0) is 28.1 Å². The lowest BCUT2D eigenvalue weighted by Gasteiger charge is -2.14. The van der Waals surface area contributed by atoms with Gasteiger partial charge in [0, 0.05) is 6.42 Å². The van der Waals surface area contributed by atoms with Gasteiger partial charge in [0.2, 0.25) is 0 Å². The summed E-state index contributed by atoms with van der Waals surface area (Å²) in [5.74, 6) is -0.433. The van der Waals surface area contributed by atoms with E-state index in [9.17, 15) is 8.78 Å². The van der Waals surface area contributed by atoms with Crippen molar-refractivity contribution in [3.8, 4) is 0 Å². The predicted octanol–water partition coefficient (Wildman–Crippen LogP) is 2.86. The Hall–Kier alpha value is -0.180. The van der Waals surface area contributed by atoms with Crippen LogP contribution in [0.25, 0.3) is 0 Å². The molecule has 0 aliphatic heterocycles. The van der Waals surface area contributed by atoms with E-state index in [1.165, 1.54) is 18.2 Å². The van der Waals surface area contributed by atoms with Gasteiger partial charge in [-0.1, -0.05) is 6.08 Å². The van der Waals surface area contributed by atoms with Gasteiger partial charge in [-0.15, -0.1) is 0 Å². The Balaban J connectivity index is 2.73. The molecule has 1 rings (SSSR count). The summed E-state index contributed by atoms with van der Waals surface area (Å²) in [5, 5.41) is 0. The summed E-state index contributed by atoms with van der Waals surface area (Å²) in [6.45, 7) is 0. The van der Waals surface area contributed by atoms with Crippen molar-refractivity contribution in [2.45, 2.75) is 11.0 Å². The average Bonchev–Trinajstić information content (AvgIpc) is 1.60. The molecule has 0 nitrogen and oxygen atoms in total. The fourth-order valence-corrected chi connectivity index (χ4v) is 1.06. The lowest BCUT2D eigenvalue weighted by molar-refractivity contribution is 0.338. The van der Waals surface area contributed by atoms with Crippen LogP contribution in [0, 0.1) is 0 Å². The van der Waals surface area contributed by atoms with Crippen molar-refractivity contribution >= 4 is 15.9 Å². The summed E-state index contributed by atoms with van der Waals surface area (Å²) in [6.07, 6.45) is 3.67. The van der Waals surface area contributed by atoms with E-state index in [0.717, 1.165) is 0 Å². The van der Waals surface area contributed by atoms with Crippen molar-refractivity contribution in [3.05, 3.63) is 24.1 Å². The molecule has 1 unspecified atom stereocenters. The highest BCUT2D eigenvalue weighted by Gasteiger charge is 2.25. The first-order chi connectivity index (χ1) is 4.10. The molecular formula is C6H5BrF2. The van der Waals surface area contributed by atoms with Crippen molar-refractivity contribution < 1.29 is 8.78 Å². The smallest absolute Gasteiger partial charge is 0.189 e. The third-order valence-corrected chi connectivity index (χ3v) is 1.57. The molecule has 0 saturated carbocycles. The topological polar surface area (TPSA) is 0 Å². The van der Waals surface area contributed by atoms with Crippen LogP contribution in [0.5, 0.6) is 0 Å². The van der Waals surface area contributed by atoms with Crippen LogP contribution in [0.15, 0.2) is 24.1 Å². The molecule has 0 heterocycles. The second-order valence-corrected chi connectivity index (χ2v) is 3.23. The van der Waals surface area contributed by atoms with E-state index in [1.54, 1.807) is 0 Å². The highest BCUT2D eigenvalue weighted by molar-refractivity contribution is 9.10. The summed E-state index contributed by atoms with van der Waals surface area (Å²) < 4.78 is 23.2. The molecule has 0 bridgehead atoms. The molecule has 0 saturated heterocycles. The SMILES string of the molecule is FC1=CC=CC(F)(Br)C1. The van der Waals surface area contributed by atoms with E-state index < -0.39 is 10.4 Å². The predicted molar refractivity (Wildman–Crippen MR) is 35.7 cm³/mol. The van der Waals surface area contributed by atoms with Gasteiger partial charge >= 0.3 is 0 Å². The van der Waals surface area contributed by atoms with E-state index in [4.69, 9.17) is 0 Å². The molecule has 1 aliphatic rings. The molecule has 3 heteroatoms. The van der Waals surface area contributed by atoms with Crippen LogP contribution in [0.2, 0.25) is 0 Å². The van der Waals surface area contributed by atoms with Gasteiger partial charge in [-0.25, -0.2) is 8.78 Å². The summed E-state index contributed by atoms with van der Waals surface area (Å²) in [4.78, 5) is 0. The summed E-state index contributed by atoms with van der Waals surface area (Å²) >= 11 is 2.70. The zero-order valence-corrected chi connectivity index (χ0v) is 6.16. The third-order valence-electron chi connectivity index (χ3n) is 1.02. The van der Waals surface area contributed by atoms with Gasteiger partial charge in [0.05, 0.1) is 0 Å². The number of hydrogen-bond donors (Lipinski definition) is 0. The van der Waals surface area contributed by atoms with Gasteiger partial charge in [0.15, 0.2) is 4.58 Å². The molecule has 0 aromatic rings. The van der Waals surface area contributed by atoms with Crippen molar-refractivity contribution in [1.29, 1.82) is 0 Å². The number of halogens is 3. The first kappa shape index (κ1) is 6.93. The number of allylic oxidation sites excluding steroid dienone is 4. The Morgan fingerprint density at radius 2 is 2.33 bits per heavy atom. The molecule has 0 amide bonds. The van der Waals surface area contributed by atoms with Gasteiger partial charge in [0.25, 0.3) is 0 Å². The van der Waals surface area contributed by atoms with Gasteiger partial charge in [-0.2, -0.15) is 0 Å². The Kier molecular flexibility index (Phi) is 1.70. The highest BCUT2D eigenvalue weighted by Crippen LogP contribution is 2.32. The molecule has 9 heavy (non-hydrogen) atoms. The molecule has 0 aromatic carbocycles. The minimum atomic E-state index is -1.66. The van der Waals surface area contributed by atoms with Crippen molar-refractivity contribution in [3.63, 3.8) is 0 Å².